The van der Waals surface area contributed by atoms with Crippen molar-refractivity contribution in [1.82, 2.24) is 60.0 Å². The Balaban J connectivity index is 1.34. The molecule has 1 aromatic rings. The average Bonchev–Trinajstić information content (AvgIpc) is 0.953. The van der Waals surface area contributed by atoms with Gasteiger partial charge in [-0.3, -0.25) is 57.5 Å². The van der Waals surface area contributed by atoms with E-state index in [4.69, 9.17) is 11.6 Å². The van der Waals surface area contributed by atoms with Gasteiger partial charge >= 0.3 is 6.18 Å². The van der Waals surface area contributed by atoms with Crippen LogP contribution in [0.15, 0.2) is 18.2 Å². The second-order valence-corrected chi connectivity index (χ2v) is 29.3. The van der Waals surface area contributed by atoms with Crippen LogP contribution in [0.3, 0.4) is 0 Å². The Hall–Kier alpha value is -7.06. The number of rotatable bonds is 11. The summed E-state index contributed by atoms with van der Waals surface area (Å²) < 4.78 is 41.3. The van der Waals surface area contributed by atoms with Crippen molar-refractivity contribution < 1.29 is 70.7 Å². The number of benzene rings is 1. The molecule has 0 bridgehead atoms. The summed E-state index contributed by atoms with van der Waals surface area (Å²) in [6, 6.07) is -4.95. The third-order valence-corrected chi connectivity index (χ3v) is 22.0. The molecule has 24 nitrogen and oxygen atoms in total. The minimum absolute atomic E-state index is 0.0172. The van der Waals surface area contributed by atoms with E-state index >= 15 is 4.79 Å². The van der Waals surface area contributed by atoms with Gasteiger partial charge in [0.05, 0.1) is 36.6 Å². The molecule has 3 N–H and O–H groups in total. The first-order valence-corrected chi connectivity index (χ1v) is 36.8. The monoisotopic (exact) mass is 1430 g/mol. The zero-order chi connectivity index (χ0) is 73.9. The molecule has 0 spiro atoms. The molecule has 2 saturated carbocycles. The van der Waals surface area contributed by atoms with Crippen molar-refractivity contribution in [2.75, 3.05) is 95.1 Å². The number of carbonyl (C=O) groups excluding carboxylic acids is 12. The lowest BCUT2D eigenvalue weighted by molar-refractivity contribution is -0.155. The number of nitrogens with zero attached hydrogens (tertiary/aromatic N) is 9. The third-order valence-electron chi connectivity index (χ3n) is 21.7. The number of amides is 12. The van der Waals surface area contributed by atoms with Crippen LogP contribution >= 0.6 is 11.6 Å². The molecule has 560 valence electrons. The summed E-state index contributed by atoms with van der Waals surface area (Å²) in [6.07, 6.45) is 7.43. The quantitative estimate of drug-likeness (QED) is 0.221. The predicted molar refractivity (Wildman–Crippen MR) is 371 cm³/mol. The molecule has 100 heavy (non-hydrogen) atoms. The van der Waals surface area contributed by atoms with Crippen LogP contribution in [0.5, 0.6) is 0 Å². The number of alkyl halides is 3. The van der Waals surface area contributed by atoms with E-state index < -0.39 is 162 Å². The first kappa shape index (κ1) is 81.9. The predicted octanol–water partition coefficient (Wildman–Crippen LogP) is 6.28. The Kier molecular flexibility index (Phi) is 31.3. The van der Waals surface area contributed by atoms with Gasteiger partial charge in [0, 0.05) is 81.9 Å². The van der Waals surface area contributed by atoms with Crippen molar-refractivity contribution >= 4 is 82.5 Å². The van der Waals surface area contributed by atoms with Gasteiger partial charge in [-0.2, -0.15) is 13.2 Å². The molecule has 0 aromatic heterocycles. The molecular weight excluding hydrogens is 1320 g/mol. The van der Waals surface area contributed by atoms with Crippen molar-refractivity contribution in [2.24, 2.45) is 23.7 Å². The van der Waals surface area contributed by atoms with Gasteiger partial charge < -0.3 is 60.0 Å². The minimum atomic E-state index is -4.74. The molecule has 5 aliphatic rings. The molecule has 12 amide bonds. The molecule has 3 heterocycles. The van der Waals surface area contributed by atoms with E-state index in [-0.39, 0.29) is 69.4 Å². The first-order chi connectivity index (χ1) is 47.3. The summed E-state index contributed by atoms with van der Waals surface area (Å²) in [6.45, 7) is 6.66. The minimum Gasteiger partial charge on any atom is -0.354 e. The van der Waals surface area contributed by atoms with Crippen molar-refractivity contribution in [3.63, 3.8) is 0 Å². The van der Waals surface area contributed by atoms with E-state index in [1.54, 1.807) is 25.8 Å². The number of hydrogen-bond donors (Lipinski definition) is 3. The van der Waals surface area contributed by atoms with E-state index in [9.17, 15) is 65.9 Å². The van der Waals surface area contributed by atoms with Crippen LogP contribution in [0.1, 0.15) is 187 Å². The Bertz CT molecular complexity index is 3030. The van der Waals surface area contributed by atoms with Gasteiger partial charge in [0.15, 0.2) is 0 Å². The van der Waals surface area contributed by atoms with Crippen LogP contribution in [-0.4, -0.2) is 252 Å². The number of halogens is 4. The molecule has 0 unspecified atom stereocenters. The zero-order valence-corrected chi connectivity index (χ0v) is 61.7. The normalized spacial score (nSPS) is 26.4. The van der Waals surface area contributed by atoms with Crippen LogP contribution in [0.25, 0.3) is 0 Å². The lowest BCUT2D eigenvalue weighted by Crippen LogP contribution is -2.60. The molecule has 3 aliphatic heterocycles. The highest BCUT2D eigenvalue weighted by atomic mass is 35.5. The number of nitrogens with one attached hydrogen (secondary N) is 3. The maximum absolute atomic E-state index is 15.4. The molecule has 1 aromatic carbocycles. The number of carbonyl (C=O) groups is 12. The summed E-state index contributed by atoms with van der Waals surface area (Å²) in [5.41, 5.74) is -0.727. The number of piperidine rings is 1. The Morgan fingerprint density at radius 2 is 1.20 bits per heavy atom. The summed E-state index contributed by atoms with van der Waals surface area (Å²) >= 11 is 6.11. The fraction of sp³-hybridized carbons (Fsp3) is 0.750. The van der Waals surface area contributed by atoms with Crippen molar-refractivity contribution in [3.05, 3.63) is 34.3 Å². The van der Waals surface area contributed by atoms with Crippen molar-refractivity contribution in [1.29, 1.82) is 0 Å². The number of fused-ring (bicyclic) bond motifs is 1. The number of likely N-dealkylation sites (tertiary alicyclic amines) is 1. The number of likely N-dealkylation sites (N-methyl/N-ethyl adjacent to an activating group) is 7. The molecule has 0 radical (unpaired) electrons. The Labute approximate surface area is 594 Å². The summed E-state index contributed by atoms with van der Waals surface area (Å²) in [4.78, 5) is 187. The maximum Gasteiger partial charge on any atom is 0.417 e. The lowest BCUT2D eigenvalue weighted by atomic mass is 9.82. The maximum atomic E-state index is 15.4. The second kappa shape index (κ2) is 38.3. The first-order valence-electron chi connectivity index (χ1n) is 36.4. The highest BCUT2D eigenvalue weighted by Crippen LogP contribution is 2.36. The van der Waals surface area contributed by atoms with Crippen molar-refractivity contribution in [2.45, 2.75) is 230 Å². The summed E-state index contributed by atoms with van der Waals surface area (Å²) in [7, 11) is 10.1. The van der Waals surface area contributed by atoms with Crippen LogP contribution in [0.2, 0.25) is 5.02 Å². The molecule has 9 atom stereocenters. The van der Waals surface area contributed by atoms with Crippen LogP contribution in [0.4, 0.5) is 13.2 Å². The second-order valence-electron chi connectivity index (χ2n) is 28.9. The smallest absolute Gasteiger partial charge is 0.354 e. The molecule has 2 aliphatic carbocycles. The SMILES string of the molecule is CC[C@H](C)[C@@H]1NC(=O)[C@H]([C@@H](C)CC)N(C)C(=O)C[C@@H](C(=O)N2CCCCC2)N(C)C(=O)[C@H](C2CCCCC2)N(C)C(=O)CCCCNC(=O)[C@@H]2CCCN2C(=O)[C@H](CCc2ccc(C(F)(F)F)c(Cl)c2)NC(=O)CN(C)C(=O)[C@H](CC2CCCCC2)N(C)C(=O)CN(C)C(=O)CN(C)C1=O. The summed E-state index contributed by atoms with van der Waals surface area (Å²) in [5.74, 6) is -8.20. The highest BCUT2D eigenvalue weighted by Gasteiger charge is 2.45. The van der Waals surface area contributed by atoms with Crippen LogP contribution in [-0.2, 0) is 70.1 Å². The van der Waals surface area contributed by atoms with E-state index in [0.29, 0.717) is 57.2 Å². The van der Waals surface area contributed by atoms with Gasteiger partial charge in [0.1, 0.15) is 42.3 Å². The van der Waals surface area contributed by atoms with E-state index in [1.807, 2.05) is 13.8 Å². The number of hydrogen-bond acceptors (Lipinski definition) is 12. The highest BCUT2D eigenvalue weighted by molar-refractivity contribution is 6.31. The van der Waals surface area contributed by atoms with Gasteiger partial charge in [-0.1, -0.05) is 110 Å². The molecule has 28 heteroatoms. The fourth-order valence-corrected chi connectivity index (χ4v) is 15.2. The lowest BCUT2D eigenvalue weighted by Gasteiger charge is -2.41. The largest absolute Gasteiger partial charge is 0.417 e. The van der Waals surface area contributed by atoms with Gasteiger partial charge in [0.25, 0.3) is 0 Å². The van der Waals surface area contributed by atoms with Gasteiger partial charge in [-0.15, -0.1) is 0 Å². The van der Waals surface area contributed by atoms with E-state index in [0.717, 1.165) is 97.5 Å². The van der Waals surface area contributed by atoms with Crippen LogP contribution < -0.4 is 16.0 Å². The van der Waals surface area contributed by atoms with E-state index in [1.165, 1.54) is 72.9 Å². The molecule has 6 rings (SSSR count). The van der Waals surface area contributed by atoms with Crippen LogP contribution in [0, 0.1) is 23.7 Å². The molecular formula is C72H112ClF3N12O12. The average molecular weight is 1430 g/mol. The van der Waals surface area contributed by atoms with Gasteiger partial charge in [-0.25, -0.2) is 0 Å². The fourth-order valence-electron chi connectivity index (χ4n) is 14.9. The van der Waals surface area contributed by atoms with E-state index in [2.05, 4.69) is 16.0 Å². The van der Waals surface area contributed by atoms with Crippen molar-refractivity contribution in [3.8, 4) is 0 Å². The number of aryl methyl sites for hydroxylation is 1. The van der Waals surface area contributed by atoms with Gasteiger partial charge in [0.2, 0.25) is 70.9 Å². The summed E-state index contributed by atoms with van der Waals surface area (Å²) in [5, 5.41) is 8.02. The standard InChI is InChI=1S/C72H112ClF3N12O12/c1-12-46(3)62-70(99)82(7)44-60(92)80(5)45-61(93)83(8)55(41-48-26-17-14-18-27-48)68(97)81(6)43-57(89)78-53(35-33-49-32-34-51(52(73)40-49)72(74,75)76)67(96)88-39-25-30-54(88)65(94)77-36-22-21-31-58(90)85(10)64(50-28-19-15-20-29-50)71(100)84(9)56(69(98)87-37-23-16-24-38-87)42-59(91)86(11)63(47(4)13-2)66(95)79-62/h32,34,40,46-48,50,53-56,62-64H,12-31,33,35-39,41-45H2,1-11H3,(H,77,94)(H,78,89)(H,79,95)/t46-,47-,53-,54-,55-,56-,62-,63-,64-/m0/s1. The topological polar surface area (TPSA) is 270 Å². The Morgan fingerprint density at radius 1 is 0.590 bits per heavy atom. The Morgan fingerprint density at radius 3 is 1.82 bits per heavy atom. The van der Waals surface area contributed by atoms with Gasteiger partial charge in [-0.05, 0) is 118 Å². The third kappa shape index (κ3) is 22.0. The zero-order valence-electron chi connectivity index (χ0n) is 60.9. The molecule has 5 fully saturated rings. The molecule has 3 saturated heterocycles.